The molecular weight excluding hydrogens is 188 g/mol. The number of carbonyl (C=O) groups is 1. The molecule has 5 heteroatoms. The molecule has 0 saturated heterocycles. The van der Waals surface area contributed by atoms with E-state index in [0.29, 0.717) is 11.7 Å². The van der Waals surface area contributed by atoms with Gasteiger partial charge in [0.25, 0.3) is 0 Å². The Balaban J connectivity index is 3.60. The van der Waals surface area contributed by atoms with Gasteiger partial charge < -0.3 is 5.11 Å². The fourth-order valence-corrected chi connectivity index (χ4v) is 2.30. The van der Waals surface area contributed by atoms with Gasteiger partial charge in [-0.15, -0.1) is 0 Å². The lowest BCUT2D eigenvalue weighted by Gasteiger charge is -2.15. The molecule has 0 aliphatic carbocycles. The topological polar surface area (TPSA) is 75.3 Å². The number of hydrogen-bond acceptors (Lipinski definition) is 4. The highest BCUT2D eigenvalue weighted by Gasteiger charge is 2.11. The molecule has 2 atom stereocenters. The van der Waals surface area contributed by atoms with E-state index < -0.39 is 0 Å². The first-order valence-electron chi connectivity index (χ1n) is 4.36. The molecule has 0 rings (SSSR count). The fourth-order valence-electron chi connectivity index (χ4n) is 1.01. The van der Waals surface area contributed by atoms with Crippen molar-refractivity contribution in [1.82, 2.24) is 5.43 Å². The fraction of sp³-hybridized carbons (Fsp3) is 0.875. The monoisotopic (exact) mass is 206 g/mol. The summed E-state index contributed by atoms with van der Waals surface area (Å²) in [4.78, 5) is 10.9. The summed E-state index contributed by atoms with van der Waals surface area (Å²) in [5.41, 5.74) is 2.10. The lowest BCUT2D eigenvalue weighted by Crippen LogP contribution is -2.31. The van der Waals surface area contributed by atoms with Crippen molar-refractivity contribution in [2.24, 2.45) is 5.84 Å². The zero-order chi connectivity index (χ0) is 10.3. The number of carbonyl (C=O) groups excluding carboxylic acids is 1. The van der Waals surface area contributed by atoms with Crippen LogP contribution in [0.2, 0.25) is 0 Å². The molecule has 4 nitrogen and oxygen atoms in total. The molecule has 0 aromatic heterocycles. The van der Waals surface area contributed by atoms with Gasteiger partial charge in [-0.2, -0.15) is 11.8 Å². The van der Waals surface area contributed by atoms with Crippen molar-refractivity contribution in [3.8, 4) is 0 Å². The largest absolute Gasteiger partial charge is 0.396 e. The van der Waals surface area contributed by atoms with Crippen molar-refractivity contribution in [2.45, 2.75) is 37.2 Å². The van der Waals surface area contributed by atoms with E-state index in [1.54, 1.807) is 11.8 Å². The second-order valence-electron chi connectivity index (χ2n) is 3.04. The maximum absolute atomic E-state index is 10.9. The van der Waals surface area contributed by atoms with Crippen molar-refractivity contribution in [3.05, 3.63) is 0 Å². The Hall–Kier alpha value is -0.260. The van der Waals surface area contributed by atoms with E-state index in [1.807, 2.05) is 13.8 Å². The minimum Gasteiger partial charge on any atom is -0.396 e. The van der Waals surface area contributed by atoms with E-state index >= 15 is 0 Å². The van der Waals surface area contributed by atoms with E-state index in [2.05, 4.69) is 5.43 Å². The number of thioether (sulfide) groups is 1. The van der Waals surface area contributed by atoms with Crippen molar-refractivity contribution >= 4 is 17.7 Å². The lowest BCUT2D eigenvalue weighted by atomic mass is 10.3. The maximum Gasteiger partial charge on any atom is 0.234 e. The van der Waals surface area contributed by atoms with Crippen LogP contribution in [0.25, 0.3) is 0 Å². The Kier molecular flexibility index (Phi) is 7.03. The first-order chi connectivity index (χ1) is 6.10. The molecule has 0 saturated carbocycles. The minimum absolute atomic E-state index is 0.142. The molecule has 0 aromatic carbocycles. The zero-order valence-electron chi connectivity index (χ0n) is 8.12. The number of aliphatic hydroxyl groups is 1. The molecule has 0 aliphatic heterocycles. The average Bonchev–Trinajstić information content (AvgIpc) is 2.04. The average molecular weight is 206 g/mol. The summed E-state index contributed by atoms with van der Waals surface area (Å²) < 4.78 is 0. The van der Waals surface area contributed by atoms with Crippen LogP contribution in [0.3, 0.4) is 0 Å². The predicted molar refractivity (Wildman–Crippen MR) is 55.2 cm³/mol. The number of hydrogen-bond donors (Lipinski definition) is 3. The highest BCUT2D eigenvalue weighted by atomic mass is 32.2. The van der Waals surface area contributed by atoms with Gasteiger partial charge in [0.1, 0.15) is 0 Å². The van der Waals surface area contributed by atoms with Gasteiger partial charge in [0.05, 0.1) is 0 Å². The Bertz CT molecular complexity index is 155. The summed E-state index contributed by atoms with van der Waals surface area (Å²) in [6.45, 7) is 4.22. The normalized spacial score (nSPS) is 15.1. The molecule has 2 unspecified atom stereocenters. The van der Waals surface area contributed by atoms with E-state index in [9.17, 15) is 4.79 Å². The molecule has 0 radical (unpaired) electrons. The molecule has 13 heavy (non-hydrogen) atoms. The van der Waals surface area contributed by atoms with Crippen LogP contribution in [0.4, 0.5) is 0 Å². The van der Waals surface area contributed by atoms with Crippen molar-refractivity contribution in [2.75, 3.05) is 6.61 Å². The summed E-state index contributed by atoms with van der Waals surface area (Å²) in [6, 6.07) is 0. The Morgan fingerprint density at radius 3 is 2.62 bits per heavy atom. The highest BCUT2D eigenvalue weighted by Crippen LogP contribution is 2.21. The number of rotatable bonds is 6. The van der Waals surface area contributed by atoms with E-state index in [-0.39, 0.29) is 17.8 Å². The minimum atomic E-state index is -0.142. The number of nitrogens with two attached hydrogens (primary N) is 1. The van der Waals surface area contributed by atoms with Gasteiger partial charge in [0.15, 0.2) is 0 Å². The van der Waals surface area contributed by atoms with Crippen LogP contribution in [0.5, 0.6) is 0 Å². The van der Waals surface area contributed by atoms with Crippen LogP contribution >= 0.6 is 11.8 Å². The summed E-state index contributed by atoms with van der Waals surface area (Å²) in [7, 11) is 0. The summed E-state index contributed by atoms with van der Waals surface area (Å²) >= 11 is 1.69. The summed E-state index contributed by atoms with van der Waals surface area (Å²) in [6.07, 6.45) is 1.19. The third kappa shape index (κ3) is 6.86. The molecule has 0 heterocycles. The highest BCUT2D eigenvalue weighted by molar-refractivity contribution is 8.00. The van der Waals surface area contributed by atoms with Crippen LogP contribution in [-0.4, -0.2) is 28.1 Å². The third-order valence-corrected chi connectivity index (χ3v) is 2.97. The first-order valence-corrected chi connectivity index (χ1v) is 5.30. The number of hydrazine groups is 1. The molecule has 78 valence electrons. The molecule has 0 fully saturated rings. The van der Waals surface area contributed by atoms with Gasteiger partial charge in [0.2, 0.25) is 5.91 Å². The number of amides is 1. The van der Waals surface area contributed by atoms with Gasteiger partial charge in [-0.3, -0.25) is 10.2 Å². The SMILES string of the molecule is CC(CCO)SC(C)CC(=O)NN. The quantitative estimate of drug-likeness (QED) is 0.331. The molecule has 0 spiro atoms. The molecule has 0 bridgehead atoms. The van der Waals surface area contributed by atoms with Crippen LogP contribution < -0.4 is 11.3 Å². The second kappa shape index (κ2) is 7.17. The van der Waals surface area contributed by atoms with Crippen LogP contribution in [0.1, 0.15) is 26.7 Å². The van der Waals surface area contributed by atoms with E-state index in [4.69, 9.17) is 10.9 Å². The molecular formula is C8H18N2O2S. The number of aliphatic hydroxyl groups excluding tert-OH is 1. The molecule has 0 aromatic rings. The van der Waals surface area contributed by atoms with Gasteiger partial charge in [-0.1, -0.05) is 13.8 Å². The van der Waals surface area contributed by atoms with E-state index in [1.165, 1.54) is 0 Å². The number of nitrogens with one attached hydrogen (secondary N) is 1. The maximum atomic E-state index is 10.9. The van der Waals surface area contributed by atoms with Gasteiger partial charge in [-0.25, -0.2) is 5.84 Å². The van der Waals surface area contributed by atoms with Gasteiger partial charge >= 0.3 is 0 Å². The van der Waals surface area contributed by atoms with Gasteiger partial charge in [0, 0.05) is 23.5 Å². The smallest absolute Gasteiger partial charge is 0.234 e. The van der Waals surface area contributed by atoms with Crippen LogP contribution in [-0.2, 0) is 4.79 Å². The standard InChI is InChI=1S/C8H18N2O2S/c1-6(3-4-11)13-7(2)5-8(12)10-9/h6-7,11H,3-5,9H2,1-2H3,(H,10,12). The molecule has 4 N–H and O–H groups in total. The molecule has 0 aliphatic rings. The van der Waals surface area contributed by atoms with Gasteiger partial charge in [-0.05, 0) is 6.42 Å². The Morgan fingerprint density at radius 1 is 1.54 bits per heavy atom. The first kappa shape index (κ1) is 12.7. The van der Waals surface area contributed by atoms with Crippen molar-refractivity contribution in [3.63, 3.8) is 0 Å². The van der Waals surface area contributed by atoms with E-state index in [0.717, 1.165) is 6.42 Å². The predicted octanol–water partition coefficient (Wildman–Crippen LogP) is 0.259. The van der Waals surface area contributed by atoms with Crippen molar-refractivity contribution in [1.29, 1.82) is 0 Å². The van der Waals surface area contributed by atoms with Crippen LogP contribution in [0.15, 0.2) is 0 Å². The summed E-state index contributed by atoms with van der Waals surface area (Å²) in [5, 5.41) is 9.29. The van der Waals surface area contributed by atoms with Crippen molar-refractivity contribution < 1.29 is 9.90 Å². The Labute approximate surface area is 83.2 Å². The lowest BCUT2D eigenvalue weighted by molar-refractivity contribution is -0.121. The Morgan fingerprint density at radius 2 is 2.15 bits per heavy atom. The van der Waals surface area contributed by atoms with Crippen LogP contribution in [0, 0.1) is 0 Å². The molecule has 1 amide bonds. The second-order valence-corrected chi connectivity index (χ2v) is 4.92. The zero-order valence-corrected chi connectivity index (χ0v) is 8.93. The third-order valence-electron chi connectivity index (χ3n) is 1.63. The summed E-state index contributed by atoms with van der Waals surface area (Å²) in [5.74, 6) is 4.82.